The number of rotatable bonds is 3. The van der Waals surface area contributed by atoms with E-state index < -0.39 is 0 Å². The van der Waals surface area contributed by atoms with Gasteiger partial charge in [-0.15, -0.1) is 0 Å². The molecule has 12 heavy (non-hydrogen) atoms. The van der Waals surface area contributed by atoms with E-state index in [1.807, 2.05) is 4.90 Å². The van der Waals surface area contributed by atoms with Crippen molar-refractivity contribution < 1.29 is 4.79 Å². The number of hydrogen-bond donors (Lipinski definition) is 1. The first kappa shape index (κ1) is 9.10. The van der Waals surface area contributed by atoms with Gasteiger partial charge in [0.05, 0.1) is 0 Å². The number of carbonyl (C=O) groups is 1. The zero-order chi connectivity index (χ0) is 8.97. The molecular weight excluding hydrogens is 152 g/mol. The first-order valence-electron chi connectivity index (χ1n) is 4.36. The Hall–Kier alpha value is -0.990. The SMILES string of the molecule is CC(C)=CCCN1CCNC1=O. The summed E-state index contributed by atoms with van der Waals surface area (Å²) in [6.45, 7) is 6.65. The van der Waals surface area contributed by atoms with Gasteiger partial charge in [0.25, 0.3) is 0 Å². The first-order valence-corrected chi connectivity index (χ1v) is 4.36. The van der Waals surface area contributed by atoms with Crippen molar-refractivity contribution in [3.05, 3.63) is 11.6 Å². The van der Waals surface area contributed by atoms with Gasteiger partial charge >= 0.3 is 6.03 Å². The van der Waals surface area contributed by atoms with Crippen LogP contribution in [0.15, 0.2) is 11.6 Å². The van der Waals surface area contributed by atoms with Crippen molar-refractivity contribution in [3.63, 3.8) is 0 Å². The van der Waals surface area contributed by atoms with Gasteiger partial charge in [0.15, 0.2) is 0 Å². The summed E-state index contributed by atoms with van der Waals surface area (Å²) in [5.41, 5.74) is 1.31. The van der Waals surface area contributed by atoms with E-state index in [4.69, 9.17) is 0 Å². The van der Waals surface area contributed by atoms with Crippen LogP contribution in [0.25, 0.3) is 0 Å². The van der Waals surface area contributed by atoms with Gasteiger partial charge in [-0.1, -0.05) is 11.6 Å². The predicted molar refractivity (Wildman–Crippen MR) is 49.0 cm³/mol. The summed E-state index contributed by atoms with van der Waals surface area (Å²) in [5, 5.41) is 2.77. The molecule has 0 bridgehead atoms. The van der Waals surface area contributed by atoms with Crippen LogP contribution in [-0.2, 0) is 0 Å². The zero-order valence-corrected chi connectivity index (χ0v) is 7.76. The molecule has 3 heteroatoms. The second kappa shape index (κ2) is 4.14. The molecular formula is C9H16N2O. The second-order valence-corrected chi connectivity index (χ2v) is 3.29. The number of allylic oxidation sites excluding steroid dienone is 1. The predicted octanol–water partition coefficient (Wildman–Crippen LogP) is 1.37. The molecule has 3 nitrogen and oxygen atoms in total. The number of carbonyl (C=O) groups excluding carboxylic acids is 1. The molecule has 0 atom stereocenters. The Labute approximate surface area is 73.4 Å². The molecule has 0 radical (unpaired) electrons. The maximum atomic E-state index is 11.0. The van der Waals surface area contributed by atoms with E-state index in [1.54, 1.807) is 0 Å². The lowest BCUT2D eigenvalue weighted by Crippen LogP contribution is -2.28. The minimum absolute atomic E-state index is 0.0807. The number of nitrogens with zero attached hydrogens (tertiary/aromatic N) is 1. The van der Waals surface area contributed by atoms with E-state index in [9.17, 15) is 4.79 Å². The van der Waals surface area contributed by atoms with E-state index >= 15 is 0 Å². The summed E-state index contributed by atoms with van der Waals surface area (Å²) in [5.74, 6) is 0. The Balaban J connectivity index is 2.23. The van der Waals surface area contributed by atoms with Gasteiger partial charge in [0, 0.05) is 19.6 Å². The molecule has 2 amide bonds. The lowest BCUT2D eigenvalue weighted by atomic mass is 10.2. The number of amides is 2. The van der Waals surface area contributed by atoms with Crippen molar-refractivity contribution in [1.82, 2.24) is 10.2 Å². The van der Waals surface area contributed by atoms with Gasteiger partial charge in [0.1, 0.15) is 0 Å². The molecule has 0 saturated carbocycles. The largest absolute Gasteiger partial charge is 0.336 e. The van der Waals surface area contributed by atoms with Crippen molar-refractivity contribution in [3.8, 4) is 0 Å². The highest BCUT2D eigenvalue weighted by Gasteiger charge is 2.17. The maximum absolute atomic E-state index is 11.0. The molecule has 1 aliphatic heterocycles. The lowest BCUT2D eigenvalue weighted by molar-refractivity contribution is 0.218. The van der Waals surface area contributed by atoms with E-state index in [0.29, 0.717) is 0 Å². The number of nitrogens with one attached hydrogen (secondary N) is 1. The topological polar surface area (TPSA) is 32.3 Å². The van der Waals surface area contributed by atoms with Crippen LogP contribution >= 0.6 is 0 Å². The third kappa shape index (κ3) is 2.57. The number of hydrogen-bond acceptors (Lipinski definition) is 1. The summed E-state index contributed by atoms with van der Waals surface area (Å²) in [6, 6.07) is 0.0807. The van der Waals surface area contributed by atoms with Gasteiger partial charge in [-0.05, 0) is 20.3 Å². The first-order chi connectivity index (χ1) is 5.70. The molecule has 68 valence electrons. The van der Waals surface area contributed by atoms with Crippen LogP contribution < -0.4 is 5.32 Å². The van der Waals surface area contributed by atoms with Crippen molar-refractivity contribution in [2.45, 2.75) is 20.3 Å². The summed E-state index contributed by atoms with van der Waals surface area (Å²) < 4.78 is 0. The summed E-state index contributed by atoms with van der Waals surface area (Å²) in [6.07, 6.45) is 3.13. The van der Waals surface area contributed by atoms with Gasteiger partial charge in [-0.25, -0.2) is 4.79 Å². The third-order valence-corrected chi connectivity index (χ3v) is 1.90. The summed E-state index contributed by atoms with van der Waals surface area (Å²) in [7, 11) is 0. The van der Waals surface area contributed by atoms with Gasteiger partial charge < -0.3 is 10.2 Å². The third-order valence-electron chi connectivity index (χ3n) is 1.90. The van der Waals surface area contributed by atoms with Crippen LogP contribution in [0.4, 0.5) is 4.79 Å². The molecule has 1 aliphatic rings. The van der Waals surface area contributed by atoms with E-state index in [-0.39, 0.29) is 6.03 Å². The van der Waals surface area contributed by atoms with Gasteiger partial charge in [-0.2, -0.15) is 0 Å². The normalized spacial score (nSPS) is 16.2. The molecule has 1 rings (SSSR count). The Bertz CT molecular complexity index is 195. The average Bonchev–Trinajstić information content (AvgIpc) is 2.36. The van der Waals surface area contributed by atoms with Crippen molar-refractivity contribution in [2.75, 3.05) is 19.6 Å². The van der Waals surface area contributed by atoms with Crippen molar-refractivity contribution >= 4 is 6.03 Å². The Kier molecular flexibility index (Phi) is 3.14. The van der Waals surface area contributed by atoms with E-state index in [1.165, 1.54) is 5.57 Å². The highest BCUT2D eigenvalue weighted by Crippen LogP contribution is 2.00. The van der Waals surface area contributed by atoms with Gasteiger partial charge in [0.2, 0.25) is 0 Å². The maximum Gasteiger partial charge on any atom is 0.317 e. The smallest absolute Gasteiger partial charge is 0.317 e. The Morgan fingerprint density at radius 3 is 2.92 bits per heavy atom. The molecule has 0 unspecified atom stereocenters. The fraction of sp³-hybridized carbons (Fsp3) is 0.667. The van der Waals surface area contributed by atoms with Crippen LogP contribution in [0, 0.1) is 0 Å². The molecule has 0 aromatic carbocycles. The molecule has 0 spiro atoms. The minimum Gasteiger partial charge on any atom is -0.336 e. The molecule has 1 N–H and O–H groups in total. The zero-order valence-electron chi connectivity index (χ0n) is 7.76. The lowest BCUT2D eigenvalue weighted by Gasteiger charge is -2.11. The molecule has 0 aliphatic carbocycles. The highest BCUT2D eigenvalue weighted by atomic mass is 16.2. The summed E-state index contributed by atoms with van der Waals surface area (Å²) in [4.78, 5) is 12.9. The summed E-state index contributed by atoms with van der Waals surface area (Å²) >= 11 is 0. The fourth-order valence-electron chi connectivity index (χ4n) is 1.23. The molecule has 1 fully saturated rings. The monoisotopic (exact) mass is 168 g/mol. The molecule has 0 aromatic rings. The Morgan fingerprint density at radius 1 is 1.67 bits per heavy atom. The van der Waals surface area contributed by atoms with Crippen LogP contribution in [0.3, 0.4) is 0 Å². The average molecular weight is 168 g/mol. The van der Waals surface area contributed by atoms with Crippen LogP contribution in [0.5, 0.6) is 0 Å². The van der Waals surface area contributed by atoms with Gasteiger partial charge in [-0.3, -0.25) is 0 Å². The van der Waals surface area contributed by atoms with Crippen LogP contribution in [-0.4, -0.2) is 30.6 Å². The van der Waals surface area contributed by atoms with Crippen molar-refractivity contribution in [2.24, 2.45) is 0 Å². The van der Waals surface area contributed by atoms with Crippen molar-refractivity contribution in [1.29, 1.82) is 0 Å². The number of urea groups is 1. The standard InChI is InChI=1S/C9H16N2O/c1-8(2)4-3-6-11-7-5-10-9(11)12/h4H,3,5-7H2,1-2H3,(H,10,12). The molecule has 1 heterocycles. The quantitative estimate of drug-likeness (QED) is 0.634. The van der Waals surface area contributed by atoms with Crippen LogP contribution in [0.2, 0.25) is 0 Å². The molecule has 0 aromatic heterocycles. The highest BCUT2D eigenvalue weighted by molar-refractivity contribution is 5.76. The minimum atomic E-state index is 0.0807. The van der Waals surface area contributed by atoms with Crippen LogP contribution in [0.1, 0.15) is 20.3 Å². The van der Waals surface area contributed by atoms with E-state index in [2.05, 4.69) is 25.2 Å². The van der Waals surface area contributed by atoms with E-state index in [0.717, 1.165) is 26.1 Å². The second-order valence-electron chi connectivity index (χ2n) is 3.29. The molecule has 1 saturated heterocycles. The Morgan fingerprint density at radius 2 is 2.42 bits per heavy atom. The fourth-order valence-corrected chi connectivity index (χ4v) is 1.23.